The molecule has 0 radical (unpaired) electrons. The van der Waals surface area contributed by atoms with Gasteiger partial charge in [-0.25, -0.2) is 9.59 Å². The predicted octanol–water partition coefficient (Wildman–Crippen LogP) is 7.72. The number of benzene rings is 5. The van der Waals surface area contributed by atoms with Gasteiger partial charge in [-0.1, -0.05) is 127 Å². The summed E-state index contributed by atoms with van der Waals surface area (Å²) in [7, 11) is 1.57. The Hall–Kier alpha value is -5.24. The van der Waals surface area contributed by atoms with Gasteiger partial charge in [0.25, 0.3) is 0 Å². The second-order valence-electron chi connectivity index (χ2n) is 14.4. The van der Waals surface area contributed by atoms with Crippen molar-refractivity contribution in [2.45, 2.75) is 81.9 Å². The fourth-order valence-electron chi connectivity index (χ4n) is 7.11. The van der Waals surface area contributed by atoms with Crippen LogP contribution in [0.25, 0.3) is 0 Å². The molecule has 8 atom stereocenters. The Morgan fingerprint density at radius 1 is 0.508 bits per heavy atom. The molecule has 7 rings (SSSR count). The van der Waals surface area contributed by atoms with Gasteiger partial charge >= 0.3 is 11.9 Å². The maximum absolute atomic E-state index is 13.1. The fraction of sp³-hybridized carbons (Fsp3) is 0.333. The number of hydrogen-bond donors (Lipinski definition) is 0. The highest BCUT2D eigenvalue weighted by Gasteiger charge is 2.49. The Balaban J connectivity index is 1.09. The van der Waals surface area contributed by atoms with Crippen LogP contribution < -0.4 is 0 Å². The van der Waals surface area contributed by atoms with Gasteiger partial charge in [0.1, 0.15) is 43.2 Å². The largest absolute Gasteiger partial charge is 0.459 e. The number of ether oxygens (including phenoxy) is 9. The number of carbonyl (C=O) groups excluding carboxylic acids is 2. The van der Waals surface area contributed by atoms with Gasteiger partial charge in [-0.3, -0.25) is 0 Å². The van der Waals surface area contributed by atoms with E-state index in [2.05, 4.69) is 0 Å². The normalized spacial score (nSPS) is 24.2. The van der Waals surface area contributed by atoms with E-state index in [9.17, 15) is 9.59 Å². The van der Waals surface area contributed by atoms with Gasteiger partial charge in [0.15, 0.2) is 12.6 Å². The van der Waals surface area contributed by atoms with E-state index >= 15 is 0 Å². The summed E-state index contributed by atoms with van der Waals surface area (Å²) in [5, 5.41) is 0. The molecule has 11 heteroatoms. The van der Waals surface area contributed by atoms with Crippen molar-refractivity contribution in [1.82, 2.24) is 0 Å². The van der Waals surface area contributed by atoms with Crippen LogP contribution in [-0.4, -0.2) is 81.5 Å². The van der Waals surface area contributed by atoms with E-state index in [0.29, 0.717) is 37.2 Å². The summed E-state index contributed by atoms with van der Waals surface area (Å²) in [6.45, 7) is 0.748. The quantitative estimate of drug-likeness (QED) is 0.0811. The third kappa shape index (κ3) is 11.9. The van der Waals surface area contributed by atoms with E-state index in [0.717, 1.165) is 16.7 Å². The first kappa shape index (κ1) is 41.9. The molecule has 0 unspecified atom stereocenters. The average Bonchev–Trinajstić information content (AvgIpc) is 3.30. The van der Waals surface area contributed by atoms with Crippen LogP contribution in [0.15, 0.2) is 152 Å². The Morgan fingerprint density at radius 3 is 1.51 bits per heavy atom. The lowest BCUT2D eigenvalue weighted by Gasteiger charge is -2.46. The predicted molar refractivity (Wildman–Crippen MR) is 217 cm³/mol. The van der Waals surface area contributed by atoms with E-state index in [4.69, 9.17) is 42.6 Å². The van der Waals surface area contributed by atoms with Crippen molar-refractivity contribution in [1.29, 1.82) is 0 Å². The molecule has 2 aliphatic heterocycles. The molecule has 0 amide bonds. The number of methoxy groups -OCH3 is 1. The first-order valence-corrected chi connectivity index (χ1v) is 19.9. The Kier molecular flexibility index (Phi) is 15.4. The van der Waals surface area contributed by atoms with Crippen molar-refractivity contribution >= 4 is 11.9 Å². The van der Waals surface area contributed by atoms with Crippen molar-refractivity contribution in [2.24, 2.45) is 0 Å². The maximum atomic E-state index is 13.1. The molecule has 5 aromatic carbocycles. The molecular weight excluding hydrogens is 753 g/mol. The summed E-state index contributed by atoms with van der Waals surface area (Å²) in [6, 6.07) is 47.1. The zero-order valence-electron chi connectivity index (χ0n) is 33.0. The smallest absolute Gasteiger partial charge is 0.338 e. The third-order valence-corrected chi connectivity index (χ3v) is 10.2. The molecule has 2 saturated heterocycles. The SMILES string of the molecule is CO[C@H]1O[C@H](CO[C@H]2CC[C@H](OC(=O)c3ccccc3)[C@@H](COC(=O)c3ccccc3)O2)[C@@H](OCc2ccccc2)[C@H](OCc2ccccc2)[C@H]1OCc1ccccc1. The zero-order valence-corrected chi connectivity index (χ0v) is 33.0. The van der Waals surface area contributed by atoms with Crippen molar-refractivity contribution in [3.63, 3.8) is 0 Å². The molecular formula is C48H50O11. The number of esters is 2. The van der Waals surface area contributed by atoms with Crippen LogP contribution in [0.2, 0.25) is 0 Å². The summed E-state index contributed by atoms with van der Waals surface area (Å²) in [5.74, 6) is -1.02. The first-order valence-electron chi connectivity index (χ1n) is 19.9. The van der Waals surface area contributed by atoms with E-state index in [-0.39, 0.29) is 19.8 Å². The lowest BCUT2D eigenvalue weighted by molar-refractivity contribution is -0.330. The van der Waals surface area contributed by atoms with Gasteiger partial charge in [-0.05, 0) is 47.4 Å². The highest BCUT2D eigenvalue weighted by atomic mass is 16.7. The maximum Gasteiger partial charge on any atom is 0.338 e. The summed E-state index contributed by atoms with van der Waals surface area (Å²) in [4.78, 5) is 26.1. The average molecular weight is 803 g/mol. The number of hydrogen-bond acceptors (Lipinski definition) is 11. The molecule has 59 heavy (non-hydrogen) atoms. The minimum absolute atomic E-state index is 0.0333. The molecule has 308 valence electrons. The lowest BCUT2D eigenvalue weighted by Crippen LogP contribution is -2.61. The lowest BCUT2D eigenvalue weighted by atomic mass is 9.97. The molecule has 0 spiro atoms. The van der Waals surface area contributed by atoms with Gasteiger partial charge in [0, 0.05) is 13.5 Å². The molecule has 11 nitrogen and oxygen atoms in total. The van der Waals surface area contributed by atoms with E-state index < -0.39 is 61.1 Å². The van der Waals surface area contributed by atoms with Crippen LogP contribution in [0.3, 0.4) is 0 Å². The summed E-state index contributed by atoms with van der Waals surface area (Å²) in [6.07, 6.45) is -4.97. The van der Waals surface area contributed by atoms with Gasteiger partial charge in [0.05, 0.1) is 37.6 Å². The van der Waals surface area contributed by atoms with Crippen LogP contribution in [0, 0.1) is 0 Å². The minimum Gasteiger partial charge on any atom is -0.459 e. The van der Waals surface area contributed by atoms with Gasteiger partial charge in [0.2, 0.25) is 0 Å². The molecule has 0 aliphatic carbocycles. The summed E-state index contributed by atoms with van der Waals surface area (Å²) < 4.78 is 57.1. The van der Waals surface area contributed by atoms with Gasteiger partial charge in [-0.15, -0.1) is 0 Å². The molecule has 0 aromatic heterocycles. The zero-order chi connectivity index (χ0) is 40.7. The number of carbonyl (C=O) groups is 2. The van der Waals surface area contributed by atoms with Crippen molar-refractivity contribution in [2.75, 3.05) is 20.3 Å². The third-order valence-electron chi connectivity index (χ3n) is 10.2. The van der Waals surface area contributed by atoms with E-state index in [1.165, 1.54) is 0 Å². The second-order valence-corrected chi connectivity index (χ2v) is 14.4. The minimum atomic E-state index is -0.830. The molecule has 2 heterocycles. The Bertz CT molecular complexity index is 1980. The molecule has 5 aromatic rings. The van der Waals surface area contributed by atoms with Crippen LogP contribution in [0.4, 0.5) is 0 Å². The molecule has 0 N–H and O–H groups in total. The standard InChI is InChI=1S/C48H50O11/c1-51-48-45(55-31-36-21-11-4-12-22-36)44(54-30-35-19-9-3-10-20-35)43(53-29-34-17-7-2-8-18-34)41(59-48)33-52-42-28-27-39(58-47(50)38-25-15-6-16-26-38)40(57-42)32-56-46(49)37-23-13-5-14-24-37/h2-26,39-45,48H,27-33H2,1H3/t39-,40+,41+,42+,43+,44-,45+,48-/m0/s1. The summed E-state index contributed by atoms with van der Waals surface area (Å²) >= 11 is 0. The Morgan fingerprint density at radius 2 is 0.983 bits per heavy atom. The van der Waals surface area contributed by atoms with Gasteiger partial charge in [-0.2, -0.15) is 0 Å². The van der Waals surface area contributed by atoms with Gasteiger partial charge < -0.3 is 42.6 Å². The Labute approximate surface area is 345 Å². The summed E-state index contributed by atoms with van der Waals surface area (Å²) in [5.41, 5.74) is 3.76. The topological polar surface area (TPSA) is 117 Å². The van der Waals surface area contributed by atoms with Crippen molar-refractivity contribution in [3.05, 3.63) is 179 Å². The highest BCUT2D eigenvalue weighted by molar-refractivity contribution is 5.90. The molecule has 2 fully saturated rings. The van der Waals surface area contributed by atoms with E-state index in [1.807, 2.05) is 103 Å². The van der Waals surface area contributed by atoms with Crippen molar-refractivity contribution < 1.29 is 52.2 Å². The molecule has 2 aliphatic rings. The monoisotopic (exact) mass is 802 g/mol. The number of rotatable bonds is 18. The van der Waals surface area contributed by atoms with Crippen LogP contribution >= 0.6 is 0 Å². The van der Waals surface area contributed by atoms with Crippen molar-refractivity contribution in [3.8, 4) is 0 Å². The van der Waals surface area contributed by atoms with Crippen LogP contribution in [-0.2, 0) is 62.5 Å². The van der Waals surface area contributed by atoms with Crippen LogP contribution in [0.5, 0.6) is 0 Å². The van der Waals surface area contributed by atoms with Crippen LogP contribution in [0.1, 0.15) is 50.2 Å². The second kappa shape index (κ2) is 21.7. The first-order chi connectivity index (χ1) is 29.0. The molecule has 0 saturated carbocycles. The van der Waals surface area contributed by atoms with E-state index in [1.54, 1.807) is 55.6 Å². The fourth-order valence-corrected chi connectivity index (χ4v) is 7.11. The highest BCUT2D eigenvalue weighted by Crippen LogP contribution is 2.32. The molecule has 0 bridgehead atoms.